The average Bonchev–Trinajstić information content (AvgIpc) is 3.66. The van der Waals surface area contributed by atoms with E-state index in [2.05, 4.69) is 16.5 Å². The average molecular weight is 625 g/mol. The van der Waals surface area contributed by atoms with Crippen LogP contribution in [-0.2, 0) is 33.7 Å². The minimum absolute atomic E-state index is 0.0172. The zero-order valence-corrected chi connectivity index (χ0v) is 27.0. The first-order chi connectivity index (χ1) is 20.7. The van der Waals surface area contributed by atoms with E-state index in [-0.39, 0.29) is 4.90 Å². The van der Waals surface area contributed by atoms with Gasteiger partial charge in [-0.15, -0.1) is 0 Å². The highest BCUT2D eigenvalue weighted by molar-refractivity contribution is 7.90. The van der Waals surface area contributed by atoms with Crippen molar-refractivity contribution in [1.29, 1.82) is 0 Å². The number of benzene rings is 1. The predicted molar refractivity (Wildman–Crippen MR) is 163 cm³/mol. The lowest BCUT2D eigenvalue weighted by atomic mass is 10.0. The van der Waals surface area contributed by atoms with E-state index in [0.717, 1.165) is 38.8 Å². The van der Waals surface area contributed by atoms with Crippen LogP contribution in [0.2, 0.25) is 0 Å². The molecular formula is C32H52N2O8S. The van der Waals surface area contributed by atoms with Crippen molar-refractivity contribution >= 4 is 16.1 Å². The Balaban J connectivity index is 1.36. The molecule has 1 amide bonds. The first kappa shape index (κ1) is 34.1. The first-order valence-corrected chi connectivity index (χ1v) is 17.8. The van der Waals surface area contributed by atoms with Gasteiger partial charge in [-0.25, -0.2) is 17.9 Å². The molecular weight excluding hydrogens is 572 g/mol. The fourth-order valence-corrected chi connectivity index (χ4v) is 7.06. The minimum atomic E-state index is -4.09. The molecule has 244 valence electrons. The minimum Gasteiger partial charge on any atom is -0.441 e. The van der Waals surface area contributed by atoms with E-state index in [4.69, 9.17) is 23.7 Å². The molecule has 0 aliphatic carbocycles. The molecule has 0 saturated carbocycles. The van der Waals surface area contributed by atoms with Gasteiger partial charge in [-0.05, 0) is 58.3 Å². The van der Waals surface area contributed by atoms with Gasteiger partial charge in [-0.2, -0.15) is 0 Å². The lowest BCUT2D eigenvalue weighted by Crippen LogP contribution is -2.50. The third-order valence-electron chi connectivity index (χ3n) is 8.37. The van der Waals surface area contributed by atoms with Gasteiger partial charge >= 0.3 is 6.09 Å². The topological polar surface area (TPSA) is 113 Å². The maximum absolute atomic E-state index is 13.0. The van der Waals surface area contributed by atoms with Crippen molar-refractivity contribution < 1.29 is 36.9 Å². The number of hydrogen-bond acceptors (Lipinski definition) is 9. The van der Waals surface area contributed by atoms with Crippen molar-refractivity contribution in [3.63, 3.8) is 0 Å². The van der Waals surface area contributed by atoms with Gasteiger partial charge in [0.1, 0.15) is 24.4 Å². The highest BCUT2D eigenvalue weighted by Gasteiger charge is 2.58. The molecule has 0 radical (unpaired) electrons. The maximum atomic E-state index is 13.0. The second kappa shape index (κ2) is 16.5. The summed E-state index contributed by atoms with van der Waals surface area (Å²) < 4.78 is 58.4. The van der Waals surface area contributed by atoms with Crippen LogP contribution in [0.25, 0.3) is 0 Å². The first-order valence-electron chi connectivity index (χ1n) is 16.3. The van der Waals surface area contributed by atoms with Gasteiger partial charge in [0.25, 0.3) is 10.0 Å². The van der Waals surface area contributed by atoms with Gasteiger partial charge in [-0.1, -0.05) is 82.9 Å². The Kier molecular flexibility index (Phi) is 13.1. The van der Waals surface area contributed by atoms with Gasteiger partial charge in [-0.3, -0.25) is 4.90 Å². The third-order valence-corrected chi connectivity index (χ3v) is 9.70. The van der Waals surface area contributed by atoms with Crippen LogP contribution < -0.4 is 4.72 Å². The van der Waals surface area contributed by atoms with Gasteiger partial charge in [0.15, 0.2) is 12.1 Å². The van der Waals surface area contributed by atoms with Gasteiger partial charge in [0, 0.05) is 13.2 Å². The molecule has 3 heterocycles. The van der Waals surface area contributed by atoms with Crippen LogP contribution in [0.5, 0.6) is 0 Å². The van der Waals surface area contributed by atoms with E-state index in [1.54, 1.807) is 18.2 Å². The number of sulfonamides is 1. The van der Waals surface area contributed by atoms with Crippen molar-refractivity contribution in [3.05, 3.63) is 30.3 Å². The number of likely N-dealkylation sites (tertiary alicyclic amines) is 1. The molecule has 1 aromatic rings. The number of carbonyl (C=O) groups excluding carboxylic acids is 1. The molecule has 43 heavy (non-hydrogen) atoms. The molecule has 10 nitrogen and oxygen atoms in total. The zero-order chi connectivity index (χ0) is 30.7. The molecule has 1 unspecified atom stereocenters. The van der Waals surface area contributed by atoms with E-state index < -0.39 is 52.6 Å². The van der Waals surface area contributed by atoms with Crippen LogP contribution in [0.15, 0.2) is 35.2 Å². The van der Waals surface area contributed by atoms with Crippen LogP contribution in [0.1, 0.15) is 97.8 Å². The second-order valence-corrected chi connectivity index (χ2v) is 14.1. The summed E-state index contributed by atoms with van der Waals surface area (Å²) >= 11 is 0. The van der Waals surface area contributed by atoms with Crippen LogP contribution in [0.4, 0.5) is 4.79 Å². The highest BCUT2D eigenvalue weighted by atomic mass is 32.2. The molecule has 0 aromatic heterocycles. The molecule has 0 bridgehead atoms. The number of rotatable bonds is 18. The summed E-state index contributed by atoms with van der Waals surface area (Å²) in [6, 6.07) is 7.75. The molecule has 0 spiro atoms. The lowest BCUT2D eigenvalue weighted by molar-refractivity contribution is -0.230. The van der Waals surface area contributed by atoms with E-state index in [0.29, 0.717) is 13.2 Å². The predicted octanol–water partition coefficient (Wildman–Crippen LogP) is 5.75. The summed E-state index contributed by atoms with van der Waals surface area (Å²) in [5.41, 5.74) is 0. The van der Waals surface area contributed by atoms with Gasteiger partial charge < -0.3 is 23.7 Å². The number of ether oxygens (including phenoxy) is 5. The van der Waals surface area contributed by atoms with Crippen molar-refractivity contribution in [2.24, 2.45) is 0 Å². The van der Waals surface area contributed by atoms with E-state index in [1.165, 1.54) is 63.5 Å². The molecule has 11 heteroatoms. The van der Waals surface area contributed by atoms with Crippen molar-refractivity contribution in [3.8, 4) is 0 Å². The summed E-state index contributed by atoms with van der Waals surface area (Å²) in [6.45, 7) is 8.57. The van der Waals surface area contributed by atoms with Crippen molar-refractivity contribution in [1.82, 2.24) is 9.62 Å². The number of amides is 1. The molecule has 3 aliphatic heterocycles. The number of fused-ring (bicyclic) bond motifs is 1. The normalized spacial score (nSPS) is 25.9. The molecule has 3 fully saturated rings. The number of hydrogen-bond donors (Lipinski definition) is 1. The fraction of sp³-hybridized carbons (Fsp3) is 0.781. The third kappa shape index (κ3) is 10.4. The van der Waals surface area contributed by atoms with Crippen molar-refractivity contribution in [2.75, 3.05) is 26.2 Å². The van der Waals surface area contributed by atoms with Crippen molar-refractivity contribution in [2.45, 2.75) is 139 Å². The molecule has 5 atom stereocenters. The molecule has 1 N–H and O–H groups in total. The zero-order valence-electron chi connectivity index (χ0n) is 26.2. The second-order valence-electron chi connectivity index (χ2n) is 12.5. The lowest BCUT2D eigenvalue weighted by Gasteiger charge is -2.32. The van der Waals surface area contributed by atoms with Crippen LogP contribution in [0.3, 0.4) is 0 Å². The smallest absolute Gasteiger partial charge is 0.421 e. The maximum Gasteiger partial charge on any atom is 0.421 e. The van der Waals surface area contributed by atoms with Crippen LogP contribution in [0, 0.1) is 0 Å². The summed E-state index contributed by atoms with van der Waals surface area (Å²) in [5.74, 6) is -0.828. The van der Waals surface area contributed by atoms with E-state index in [9.17, 15) is 13.2 Å². The number of carbonyl (C=O) groups is 1. The largest absolute Gasteiger partial charge is 0.441 e. The Morgan fingerprint density at radius 2 is 1.60 bits per heavy atom. The number of nitrogens with zero attached hydrogens (tertiary/aromatic N) is 1. The Morgan fingerprint density at radius 1 is 0.977 bits per heavy atom. The van der Waals surface area contributed by atoms with Crippen LogP contribution in [-0.4, -0.2) is 82.1 Å². The SMILES string of the molecule is CCCCCCCCCCCCO[C@@H]1[C@H]2OC(C)(C)O[C@H]2O[C@@H]1C(CN1CCCC1)OC(=O)NS(=O)(=O)c1ccccc1. The summed E-state index contributed by atoms with van der Waals surface area (Å²) in [6.07, 6.45) is 10.2. The highest BCUT2D eigenvalue weighted by Crippen LogP contribution is 2.40. The van der Waals surface area contributed by atoms with E-state index in [1.807, 2.05) is 13.8 Å². The van der Waals surface area contributed by atoms with Crippen LogP contribution >= 0.6 is 0 Å². The fourth-order valence-electron chi connectivity index (χ4n) is 6.16. The van der Waals surface area contributed by atoms with Gasteiger partial charge in [0.2, 0.25) is 0 Å². The number of unbranched alkanes of at least 4 members (excludes halogenated alkanes) is 9. The quantitative estimate of drug-likeness (QED) is 0.204. The molecule has 3 saturated heterocycles. The monoisotopic (exact) mass is 624 g/mol. The Hall–Kier alpha value is -1.76. The summed E-state index contributed by atoms with van der Waals surface area (Å²) in [7, 11) is -4.09. The number of nitrogens with one attached hydrogen (secondary N) is 1. The Bertz CT molecular complexity index is 1080. The molecule has 1 aromatic carbocycles. The standard InChI is InChI=1S/C32H52N2O8S/c1-4-5-6-7-8-9-10-11-12-18-23-38-28-27(40-30-29(28)41-32(2,3)42-30)26(24-34-21-16-17-22-34)39-31(35)33-43(36,37)25-19-14-13-15-20-25/h13-15,19-20,26-30H,4-12,16-18,21-24H2,1-3H3,(H,33,35)/t26?,27-,28+,29-,30-/m1/s1. The Labute approximate surface area is 258 Å². The molecule has 4 rings (SSSR count). The summed E-state index contributed by atoms with van der Waals surface area (Å²) in [5, 5.41) is 0. The Morgan fingerprint density at radius 3 is 2.26 bits per heavy atom. The molecule has 3 aliphatic rings. The van der Waals surface area contributed by atoms with Gasteiger partial charge in [0.05, 0.1) is 4.90 Å². The van der Waals surface area contributed by atoms with E-state index >= 15 is 0 Å². The summed E-state index contributed by atoms with van der Waals surface area (Å²) in [4.78, 5) is 15.2.